The average Bonchev–Trinajstić information content (AvgIpc) is 3.57. The van der Waals surface area contributed by atoms with Crippen LogP contribution in [0.25, 0.3) is 17.1 Å². The predicted octanol–water partition coefficient (Wildman–Crippen LogP) is 2.74. The number of nitrogens with one attached hydrogen (secondary N) is 1. The van der Waals surface area contributed by atoms with Crippen molar-refractivity contribution in [3.8, 4) is 11.6 Å². The Bertz CT molecular complexity index is 1490. The number of amides is 1. The monoisotopic (exact) mass is 444 g/mol. The van der Waals surface area contributed by atoms with E-state index >= 15 is 0 Å². The molecule has 0 aliphatic carbocycles. The molecule has 0 fully saturated rings. The smallest absolute Gasteiger partial charge is 0.312 e. The van der Waals surface area contributed by atoms with Crippen LogP contribution in [-0.2, 0) is 6.42 Å². The molecule has 6 heterocycles. The number of aryl methyl sites for hydroxylation is 1. The largest absolute Gasteiger partial charge is 0.411 e. The first-order valence-electron chi connectivity index (χ1n) is 10.3. The number of hydrogen-bond donors (Lipinski definition) is 1. The van der Waals surface area contributed by atoms with Gasteiger partial charge < -0.3 is 14.3 Å². The third-order valence-corrected chi connectivity index (χ3v) is 5.67. The van der Waals surface area contributed by atoms with Gasteiger partial charge in [-0.3, -0.25) is 9.78 Å². The number of carbonyl (C=O) groups is 1. The number of nitrogens with zero attached hydrogens (tertiary/aromatic N) is 7. The van der Waals surface area contributed by atoms with Crippen molar-refractivity contribution in [1.29, 1.82) is 0 Å². The van der Waals surface area contributed by atoms with Gasteiger partial charge in [0.25, 0.3) is 5.89 Å². The lowest BCUT2D eigenvalue weighted by Crippen LogP contribution is -2.41. The Morgan fingerprint density at radius 1 is 1.24 bits per heavy atom. The average molecular weight is 444 g/mol. The van der Waals surface area contributed by atoms with Gasteiger partial charge in [0.2, 0.25) is 0 Å². The second-order valence-corrected chi connectivity index (χ2v) is 7.81. The van der Waals surface area contributed by atoms with E-state index in [1.165, 1.54) is 10.6 Å². The van der Waals surface area contributed by atoms with Gasteiger partial charge >= 0.3 is 11.8 Å². The van der Waals surface area contributed by atoms with Crippen molar-refractivity contribution < 1.29 is 13.6 Å². The third kappa shape index (κ3) is 3.16. The van der Waals surface area contributed by atoms with E-state index in [9.17, 15) is 9.18 Å². The van der Waals surface area contributed by atoms with Crippen LogP contribution in [0.3, 0.4) is 0 Å². The lowest BCUT2D eigenvalue weighted by molar-refractivity contribution is 0.0646. The molecule has 0 bridgehead atoms. The molecule has 0 aromatic carbocycles. The van der Waals surface area contributed by atoms with Crippen LogP contribution in [-0.4, -0.2) is 52.1 Å². The Hall–Kier alpha value is -4.41. The first kappa shape index (κ1) is 19.3. The summed E-state index contributed by atoms with van der Waals surface area (Å²) in [6.45, 7) is 2.29. The van der Waals surface area contributed by atoms with Gasteiger partial charge in [-0.1, -0.05) is 6.07 Å². The molecule has 1 atom stereocenters. The predicted molar refractivity (Wildman–Crippen MR) is 113 cm³/mol. The second kappa shape index (κ2) is 7.33. The maximum Gasteiger partial charge on any atom is 0.312 e. The van der Waals surface area contributed by atoms with E-state index < -0.39 is 17.8 Å². The SMILES string of the molecule is Cc1ccc(-c2nnc(C(=O)N3CCc4[nH]cnc4[C@H]3c3cc4c(F)cccn4n3)o2)nc1. The molecule has 1 aliphatic heterocycles. The van der Waals surface area contributed by atoms with E-state index in [1.807, 2.05) is 13.0 Å². The van der Waals surface area contributed by atoms with Crippen LogP contribution in [0.2, 0.25) is 0 Å². The topological polar surface area (TPSA) is 118 Å². The van der Waals surface area contributed by atoms with Crippen molar-refractivity contribution in [3.05, 3.63) is 83.4 Å². The summed E-state index contributed by atoms with van der Waals surface area (Å²) in [7, 11) is 0. The van der Waals surface area contributed by atoms with Crippen molar-refractivity contribution in [2.45, 2.75) is 19.4 Å². The van der Waals surface area contributed by atoms with E-state index in [-0.39, 0.29) is 11.8 Å². The molecule has 1 amide bonds. The summed E-state index contributed by atoms with van der Waals surface area (Å²) in [4.78, 5) is 26.8. The molecular formula is C22H17FN8O2. The maximum absolute atomic E-state index is 14.3. The fourth-order valence-corrected chi connectivity index (χ4v) is 4.06. The van der Waals surface area contributed by atoms with Crippen LogP contribution in [0.4, 0.5) is 4.39 Å². The molecule has 0 saturated heterocycles. The zero-order valence-electron chi connectivity index (χ0n) is 17.4. The number of aromatic amines is 1. The fourth-order valence-electron chi connectivity index (χ4n) is 4.06. The molecule has 11 heteroatoms. The van der Waals surface area contributed by atoms with E-state index in [1.54, 1.807) is 41.8 Å². The molecule has 6 rings (SSSR count). The van der Waals surface area contributed by atoms with Crippen LogP contribution in [0.15, 0.2) is 53.5 Å². The zero-order valence-corrected chi connectivity index (χ0v) is 17.4. The summed E-state index contributed by atoms with van der Waals surface area (Å²) in [5.74, 6) is -0.871. The third-order valence-electron chi connectivity index (χ3n) is 5.67. The van der Waals surface area contributed by atoms with Crippen LogP contribution in [0.1, 0.15) is 39.4 Å². The molecular weight excluding hydrogens is 427 g/mol. The Morgan fingerprint density at radius 2 is 2.15 bits per heavy atom. The van der Waals surface area contributed by atoms with Gasteiger partial charge in [0, 0.05) is 31.1 Å². The van der Waals surface area contributed by atoms with Gasteiger partial charge in [-0.2, -0.15) is 5.10 Å². The van der Waals surface area contributed by atoms with Gasteiger partial charge in [0.15, 0.2) is 0 Å². The number of imidazole rings is 1. The molecule has 33 heavy (non-hydrogen) atoms. The molecule has 0 radical (unpaired) electrons. The zero-order chi connectivity index (χ0) is 22.5. The van der Waals surface area contributed by atoms with Crippen molar-refractivity contribution in [3.63, 3.8) is 0 Å². The van der Waals surface area contributed by atoms with Crippen molar-refractivity contribution in [2.75, 3.05) is 6.54 Å². The van der Waals surface area contributed by atoms with E-state index in [0.717, 1.165) is 11.3 Å². The molecule has 0 saturated carbocycles. The van der Waals surface area contributed by atoms with Crippen LogP contribution >= 0.6 is 0 Å². The fraction of sp³-hybridized carbons (Fsp3) is 0.182. The number of carbonyl (C=O) groups excluding carboxylic acids is 1. The van der Waals surface area contributed by atoms with Gasteiger partial charge in [0.05, 0.1) is 17.7 Å². The Morgan fingerprint density at radius 3 is 2.97 bits per heavy atom. The first-order chi connectivity index (χ1) is 16.1. The number of halogens is 1. The first-order valence-corrected chi connectivity index (χ1v) is 10.3. The molecule has 0 unspecified atom stereocenters. The summed E-state index contributed by atoms with van der Waals surface area (Å²) < 4.78 is 21.4. The van der Waals surface area contributed by atoms with Crippen LogP contribution in [0, 0.1) is 12.7 Å². The van der Waals surface area contributed by atoms with Gasteiger partial charge in [-0.25, -0.2) is 13.9 Å². The molecule has 1 N–H and O–H groups in total. The van der Waals surface area contributed by atoms with Crippen LogP contribution in [0.5, 0.6) is 0 Å². The van der Waals surface area contributed by atoms with Gasteiger partial charge in [-0.15, -0.1) is 10.2 Å². The minimum absolute atomic E-state index is 0.155. The Balaban J connectivity index is 1.40. The highest BCUT2D eigenvalue weighted by molar-refractivity contribution is 5.90. The maximum atomic E-state index is 14.3. The van der Waals surface area contributed by atoms with Crippen molar-refractivity contribution >= 4 is 11.4 Å². The second-order valence-electron chi connectivity index (χ2n) is 7.81. The molecule has 0 spiro atoms. The minimum Gasteiger partial charge on any atom is -0.411 e. The normalized spacial score (nSPS) is 15.7. The molecule has 5 aromatic rings. The quantitative estimate of drug-likeness (QED) is 0.455. The molecule has 1 aliphatic rings. The molecule has 10 nitrogen and oxygen atoms in total. The van der Waals surface area contributed by atoms with Crippen LogP contribution < -0.4 is 0 Å². The van der Waals surface area contributed by atoms with Crippen molar-refractivity contribution in [1.82, 2.24) is 39.7 Å². The summed E-state index contributed by atoms with van der Waals surface area (Å²) in [5, 5.41) is 12.5. The highest BCUT2D eigenvalue weighted by atomic mass is 19.1. The minimum atomic E-state index is -0.639. The lowest BCUT2D eigenvalue weighted by Gasteiger charge is -2.32. The Kier molecular flexibility index (Phi) is 4.28. The number of hydrogen-bond acceptors (Lipinski definition) is 7. The number of pyridine rings is 2. The van der Waals surface area contributed by atoms with Gasteiger partial charge in [0.1, 0.15) is 23.1 Å². The standard InChI is InChI=1S/C22H17FN8O2/c1-12-4-5-15(24-10-12)20-27-28-21(33-20)22(32)30-8-6-14-18(26-11-25-14)19(30)16-9-17-13(23)3-2-7-31(17)29-16/h2-5,7,9-11,19H,6,8H2,1H3,(H,25,26)/t19-/m1/s1. The van der Waals surface area contributed by atoms with Gasteiger partial charge in [-0.05, 0) is 36.8 Å². The van der Waals surface area contributed by atoms with E-state index in [0.29, 0.717) is 35.6 Å². The highest BCUT2D eigenvalue weighted by Crippen LogP contribution is 2.34. The molecule has 164 valence electrons. The number of rotatable bonds is 3. The number of fused-ring (bicyclic) bond motifs is 2. The summed E-state index contributed by atoms with van der Waals surface area (Å²) >= 11 is 0. The Labute approximate surface area is 186 Å². The highest BCUT2D eigenvalue weighted by Gasteiger charge is 2.38. The van der Waals surface area contributed by atoms with Crippen molar-refractivity contribution in [2.24, 2.45) is 0 Å². The number of H-pyrrole nitrogens is 1. The molecule has 5 aromatic heterocycles. The number of aromatic nitrogens is 7. The summed E-state index contributed by atoms with van der Waals surface area (Å²) in [5.41, 5.74) is 3.82. The van der Waals surface area contributed by atoms with E-state index in [2.05, 4.69) is 30.2 Å². The summed E-state index contributed by atoms with van der Waals surface area (Å²) in [6.07, 6.45) is 5.49. The van der Waals surface area contributed by atoms with E-state index in [4.69, 9.17) is 4.42 Å². The summed E-state index contributed by atoms with van der Waals surface area (Å²) in [6, 6.07) is 7.54. The lowest BCUT2D eigenvalue weighted by atomic mass is 9.99.